The highest BCUT2D eigenvalue weighted by Crippen LogP contribution is 2.23. The van der Waals surface area contributed by atoms with Crippen molar-refractivity contribution in [1.82, 2.24) is 0 Å². The smallest absolute Gasteiger partial charge is 0.323 e. The van der Waals surface area contributed by atoms with E-state index in [0.717, 1.165) is 42.0 Å². The van der Waals surface area contributed by atoms with E-state index >= 15 is 0 Å². The molecule has 0 aliphatic carbocycles. The van der Waals surface area contributed by atoms with Gasteiger partial charge in [-0.25, -0.2) is 4.79 Å². The van der Waals surface area contributed by atoms with Gasteiger partial charge in [-0.3, -0.25) is 0 Å². The Morgan fingerprint density at radius 1 is 0.958 bits per heavy atom. The minimum Gasteiger partial charge on any atom is -0.372 e. The number of amides is 2. The summed E-state index contributed by atoms with van der Waals surface area (Å²) in [5.41, 5.74) is 5.05. The molecule has 2 amide bonds. The highest BCUT2D eigenvalue weighted by Gasteiger charge is 2.09. The van der Waals surface area contributed by atoms with Crippen molar-refractivity contribution in [1.29, 1.82) is 0 Å². The standard InChI is InChI=1S/C20H27N3O/c1-5-16-10-8-9-11-19(16)22-20(24)21-18-13-12-17(14-15(18)4)23(6-2)7-3/h8-14H,5-7H2,1-4H3,(H2,21,22,24). The van der Waals surface area contributed by atoms with Crippen molar-refractivity contribution in [3.05, 3.63) is 53.6 Å². The number of hydrogen-bond acceptors (Lipinski definition) is 2. The maximum absolute atomic E-state index is 12.3. The zero-order chi connectivity index (χ0) is 17.5. The number of aryl methyl sites for hydroxylation is 2. The summed E-state index contributed by atoms with van der Waals surface area (Å²) >= 11 is 0. The molecule has 0 unspecified atom stereocenters. The third kappa shape index (κ3) is 4.28. The van der Waals surface area contributed by atoms with Crippen molar-refractivity contribution < 1.29 is 4.79 Å². The SMILES string of the molecule is CCc1ccccc1NC(=O)Nc1ccc(N(CC)CC)cc1C. The number of urea groups is 1. The molecule has 0 saturated heterocycles. The molecule has 0 heterocycles. The lowest BCUT2D eigenvalue weighted by Gasteiger charge is -2.22. The number of nitrogens with zero attached hydrogens (tertiary/aromatic N) is 1. The monoisotopic (exact) mass is 325 g/mol. The fourth-order valence-corrected chi connectivity index (χ4v) is 2.80. The molecule has 4 heteroatoms. The molecule has 24 heavy (non-hydrogen) atoms. The van der Waals surface area contributed by atoms with Gasteiger partial charge in [0.1, 0.15) is 0 Å². The first-order chi connectivity index (χ1) is 11.6. The topological polar surface area (TPSA) is 44.4 Å². The van der Waals surface area contributed by atoms with Gasteiger partial charge in [0.25, 0.3) is 0 Å². The Balaban J connectivity index is 2.09. The molecule has 0 aliphatic heterocycles. The number of hydrogen-bond donors (Lipinski definition) is 2. The maximum Gasteiger partial charge on any atom is 0.323 e. The molecule has 0 aromatic heterocycles. The Morgan fingerprint density at radius 3 is 2.25 bits per heavy atom. The number of anilines is 3. The van der Waals surface area contributed by atoms with Crippen LogP contribution in [0.4, 0.5) is 21.9 Å². The van der Waals surface area contributed by atoms with Gasteiger partial charge >= 0.3 is 6.03 Å². The average molecular weight is 325 g/mol. The Bertz CT molecular complexity index is 693. The van der Waals surface area contributed by atoms with Gasteiger partial charge in [-0.2, -0.15) is 0 Å². The lowest BCUT2D eigenvalue weighted by Crippen LogP contribution is -2.23. The minimum atomic E-state index is -0.213. The molecule has 0 saturated carbocycles. The van der Waals surface area contributed by atoms with Crippen LogP contribution in [0.3, 0.4) is 0 Å². The predicted octanol–water partition coefficient (Wildman–Crippen LogP) is 5.05. The summed E-state index contributed by atoms with van der Waals surface area (Å²) in [4.78, 5) is 14.6. The van der Waals surface area contributed by atoms with Crippen LogP contribution in [0.5, 0.6) is 0 Å². The molecule has 0 spiro atoms. The van der Waals surface area contributed by atoms with E-state index in [1.807, 2.05) is 37.3 Å². The van der Waals surface area contributed by atoms with Crippen LogP contribution in [0.15, 0.2) is 42.5 Å². The largest absolute Gasteiger partial charge is 0.372 e. The summed E-state index contributed by atoms with van der Waals surface area (Å²) in [5, 5.41) is 5.88. The predicted molar refractivity (Wildman–Crippen MR) is 103 cm³/mol. The second kappa shape index (κ2) is 8.39. The third-order valence-electron chi connectivity index (χ3n) is 4.23. The lowest BCUT2D eigenvalue weighted by molar-refractivity contribution is 0.262. The van der Waals surface area contributed by atoms with E-state index < -0.39 is 0 Å². The highest BCUT2D eigenvalue weighted by molar-refractivity contribution is 6.00. The lowest BCUT2D eigenvalue weighted by atomic mass is 10.1. The number of para-hydroxylation sites is 1. The van der Waals surface area contributed by atoms with Crippen LogP contribution in [0, 0.1) is 6.92 Å². The second-order valence-electron chi connectivity index (χ2n) is 5.76. The fourth-order valence-electron chi connectivity index (χ4n) is 2.80. The highest BCUT2D eigenvalue weighted by atomic mass is 16.2. The van der Waals surface area contributed by atoms with E-state index in [4.69, 9.17) is 0 Å². The van der Waals surface area contributed by atoms with E-state index in [-0.39, 0.29) is 6.03 Å². The van der Waals surface area contributed by atoms with Crippen molar-refractivity contribution in [2.24, 2.45) is 0 Å². The van der Waals surface area contributed by atoms with E-state index in [2.05, 4.69) is 48.4 Å². The number of rotatable bonds is 6. The zero-order valence-corrected chi connectivity index (χ0v) is 15.0. The summed E-state index contributed by atoms with van der Waals surface area (Å²) in [6.45, 7) is 10.3. The van der Waals surface area contributed by atoms with Crippen LogP contribution in [0.1, 0.15) is 31.9 Å². The molecule has 0 radical (unpaired) electrons. The average Bonchev–Trinajstić information content (AvgIpc) is 2.59. The Hall–Kier alpha value is -2.49. The van der Waals surface area contributed by atoms with Gasteiger partial charge in [-0.1, -0.05) is 25.1 Å². The normalized spacial score (nSPS) is 10.3. The van der Waals surface area contributed by atoms with Gasteiger partial charge in [0.15, 0.2) is 0 Å². The molecule has 2 aromatic rings. The van der Waals surface area contributed by atoms with E-state index in [0.29, 0.717) is 0 Å². The quantitative estimate of drug-likeness (QED) is 0.781. The molecular formula is C20H27N3O. The first-order valence-electron chi connectivity index (χ1n) is 8.60. The summed E-state index contributed by atoms with van der Waals surface area (Å²) in [7, 11) is 0. The van der Waals surface area contributed by atoms with Gasteiger partial charge in [0.2, 0.25) is 0 Å². The van der Waals surface area contributed by atoms with E-state index in [1.165, 1.54) is 5.69 Å². The number of carbonyl (C=O) groups excluding carboxylic acids is 1. The van der Waals surface area contributed by atoms with Crippen LogP contribution in [0.25, 0.3) is 0 Å². The molecule has 0 atom stereocenters. The molecule has 2 N–H and O–H groups in total. The van der Waals surface area contributed by atoms with Gasteiger partial charge in [-0.05, 0) is 62.6 Å². The van der Waals surface area contributed by atoms with Crippen molar-refractivity contribution in [2.45, 2.75) is 34.1 Å². The molecule has 0 bridgehead atoms. The Morgan fingerprint density at radius 2 is 1.62 bits per heavy atom. The van der Waals surface area contributed by atoms with Crippen LogP contribution in [-0.4, -0.2) is 19.1 Å². The van der Waals surface area contributed by atoms with E-state index in [1.54, 1.807) is 0 Å². The summed E-state index contributed by atoms with van der Waals surface area (Å²) in [6, 6.07) is 13.8. The molecule has 2 aromatic carbocycles. The first kappa shape index (κ1) is 17.9. The first-order valence-corrected chi connectivity index (χ1v) is 8.60. The molecule has 0 fully saturated rings. The summed E-state index contributed by atoms with van der Waals surface area (Å²) < 4.78 is 0. The maximum atomic E-state index is 12.3. The van der Waals surface area contributed by atoms with Crippen LogP contribution in [0.2, 0.25) is 0 Å². The molecular weight excluding hydrogens is 298 g/mol. The Labute approximate surface area is 144 Å². The van der Waals surface area contributed by atoms with Crippen LogP contribution < -0.4 is 15.5 Å². The van der Waals surface area contributed by atoms with Crippen molar-refractivity contribution in [3.8, 4) is 0 Å². The van der Waals surface area contributed by atoms with Crippen molar-refractivity contribution in [3.63, 3.8) is 0 Å². The van der Waals surface area contributed by atoms with Gasteiger partial charge in [0.05, 0.1) is 0 Å². The third-order valence-corrected chi connectivity index (χ3v) is 4.23. The van der Waals surface area contributed by atoms with Gasteiger partial charge in [-0.15, -0.1) is 0 Å². The zero-order valence-electron chi connectivity index (χ0n) is 15.0. The second-order valence-corrected chi connectivity index (χ2v) is 5.76. The fraction of sp³-hybridized carbons (Fsp3) is 0.350. The van der Waals surface area contributed by atoms with E-state index in [9.17, 15) is 4.79 Å². The molecule has 4 nitrogen and oxygen atoms in total. The number of benzene rings is 2. The summed E-state index contributed by atoms with van der Waals surface area (Å²) in [5.74, 6) is 0. The Kier molecular flexibility index (Phi) is 6.24. The van der Waals surface area contributed by atoms with Crippen molar-refractivity contribution in [2.75, 3.05) is 28.6 Å². The molecule has 0 aliphatic rings. The van der Waals surface area contributed by atoms with Crippen LogP contribution in [-0.2, 0) is 6.42 Å². The molecule has 128 valence electrons. The van der Waals surface area contributed by atoms with Crippen LogP contribution >= 0.6 is 0 Å². The minimum absolute atomic E-state index is 0.213. The van der Waals surface area contributed by atoms with Crippen molar-refractivity contribution >= 4 is 23.1 Å². The molecule has 2 rings (SSSR count). The van der Waals surface area contributed by atoms with Gasteiger partial charge in [0, 0.05) is 30.2 Å². The summed E-state index contributed by atoms with van der Waals surface area (Å²) in [6.07, 6.45) is 0.883. The number of nitrogens with one attached hydrogen (secondary N) is 2. The number of carbonyl (C=O) groups is 1. The van der Waals surface area contributed by atoms with Gasteiger partial charge < -0.3 is 15.5 Å².